The lowest BCUT2D eigenvalue weighted by Crippen LogP contribution is -1.98. The molecule has 0 fully saturated rings. The number of ether oxygens (including phenoxy) is 1. The molecule has 2 aromatic heterocycles. The van der Waals surface area contributed by atoms with Gasteiger partial charge < -0.3 is 4.74 Å². The minimum absolute atomic E-state index is 0.490. The maximum absolute atomic E-state index is 5.80. The third-order valence-corrected chi connectivity index (χ3v) is 3.68. The van der Waals surface area contributed by atoms with E-state index in [-0.39, 0.29) is 0 Å². The van der Waals surface area contributed by atoms with Crippen LogP contribution >= 0.6 is 0 Å². The molecular formula is C19H15N3O. The van der Waals surface area contributed by atoms with E-state index in [4.69, 9.17) is 4.74 Å². The molecule has 4 heteroatoms. The Bertz CT molecular complexity index is 931. The van der Waals surface area contributed by atoms with Gasteiger partial charge in [-0.3, -0.25) is 4.98 Å². The van der Waals surface area contributed by atoms with E-state index >= 15 is 0 Å². The van der Waals surface area contributed by atoms with Gasteiger partial charge in [0.15, 0.2) is 0 Å². The molecule has 0 spiro atoms. The lowest BCUT2D eigenvalue weighted by atomic mass is 10.1. The molecule has 2 aromatic carbocycles. The fourth-order valence-electron chi connectivity index (χ4n) is 2.49. The number of hydrogen-bond acceptors (Lipinski definition) is 3. The van der Waals surface area contributed by atoms with Crippen molar-refractivity contribution in [2.45, 2.75) is 6.61 Å². The van der Waals surface area contributed by atoms with Crippen molar-refractivity contribution in [3.63, 3.8) is 0 Å². The Morgan fingerprint density at radius 1 is 0.913 bits per heavy atom. The van der Waals surface area contributed by atoms with Crippen LogP contribution in [-0.2, 0) is 6.61 Å². The molecule has 0 aliphatic rings. The average Bonchev–Trinajstić information content (AvgIpc) is 3.10. The molecule has 4 aromatic rings. The number of fused-ring (bicyclic) bond motifs is 1. The van der Waals surface area contributed by atoms with Crippen LogP contribution in [0.2, 0.25) is 0 Å². The summed E-state index contributed by atoms with van der Waals surface area (Å²) in [6.45, 7) is 0.490. The first-order valence-corrected chi connectivity index (χ1v) is 7.45. The number of aromatic nitrogens is 3. The van der Waals surface area contributed by atoms with Crippen molar-refractivity contribution in [3.8, 4) is 11.6 Å². The number of para-hydroxylation sites is 1. The normalized spacial score (nSPS) is 10.8. The monoisotopic (exact) mass is 301 g/mol. The van der Waals surface area contributed by atoms with Gasteiger partial charge in [-0.05, 0) is 35.2 Å². The maximum atomic E-state index is 5.80. The minimum Gasteiger partial charge on any atom is -0.472 e. The number of rotatable bonds is 4. The van der Waals surface area contributed by atoms with E-state index in [1.807, 2.05) is 54.9 Å². The quantitative estimate of drug-likeness (QED) is 0.572. The molecule has 4 rings (SSSR count). The van der Waals surface area contributed by atoms with Gasteiger partial charge in [-0.15, -0.1) is 5.10 Å². The largest absolute Gasteiger partial charge is 0.472 e. The van der Waals surface area contributed by atoms with Crippen molar-refractivity contribution in [2.75, 3.05) is 0 Å². The highest BCUT2D eigenvalue weighted by atomic mass is 16.5. The summed E-state index contributed by atoms with van der Waals surface area (Å²) < 4.78 is 7.60. The van der Waals surface area contributed by atoms with Crippen LogP contribution in [0, 0.1) is 0 Å². The molecular weight excluding hydrogens is 286 g/mol. The topological polar surface area (TPSA) is 39.9 Å². The number of pyridine rings is 1. The summed E-state index contributed by atoms with van der Waals surface area (Å²) in [5.74, 6) is 0.615. The molecule has 4 nitrogen and oxygen atoms in total. The van der Waals surface area contributed by atoms with E-state index < -0.39 is 0 Å². The summed E-state index contributed by atoms with van der Waals surface area (Å²) in [6.07, 6.45) is 5.56. The average molecular weight is 301 g/mol. The summed E-state index contributed by atoms with van der Waals surface area (Å²) in [6, 6.07) is 20.1. The highest BCUT2D eigenvalue weighted by Gasteiger charge is 2.03. The van der Waals surface area contributed by atoms with Crippen molar-refractivity contribution in [1.82, 2.24) is 14.8 Å². The molecule has 0 radical (unpaired) electrons. The highest BCUT2D eigenvalue weighted by Crippen LogP contribution is 2.17. The van der Waals surface area contributed by atoms with E-state index in [0.717, 1.165) is 22.0 Å². The van der Waals surface area contributed by atoms with Crippen molar-refractivity contribution >= 4 is 10.8 Å². The maximum Gasteiger partial charge on any atom is 0.233 e. The van der Waals surface area contributed by atoms with Gasteiger partial charge in [0.25, 0.3) is 0 Å². The van der Waals surface area contributed by atoms with Crippen LogP contribution in [-0.4, -0.2) is 14.8 Å². The Kier molecular flexibility index (Phi) is 3.48. The third kappa shape index (κ3) is 2.92. The van der Waals surface area contributed by atoms with Crippen LogP contribution in [0.5, 0.6) is 5.88 Å². The standard InChI is InChI=1S/C19H15N3O/c1-2-4-18(5-3-1)22-11-9-19(21-22)23-14-15-6-7-17-13-20-10-8-16(17)12-15/h1-13H,14H2. The molecule has 0 saturated carbocycles. The Morgan fingerprint density at radius 3 is 2.74 bits per heavy atom. The van der Waals surface area contributed by atoms with E-state index in [9.17, 15) is 0 Å². The van der Waals surface area contributed by atoms with Gasteiger partial charge >= 0.3 is 0 Å². The predicted molar refractivity (Wildman–Crippen MR) is 89.6 cm³/mol. The molecule has 23 heavy (non-hydrogen) atoms. The lowest BCUT2D eigenvalue weighted by Gasteiger charge is -2.05. The zero-order chi connectivity index (χ0) is 15.5. The fraction of sp³-hybridized carbons (Fsp3) is 0.0526. The van der Waals surface area contributed by atoms with Crippen LogP contribution in [0.4, 0.5) is 0 Å². The first kappa shape index (κ1) is 13.5. The molecule has 112 valence electrons. The molecule has 0 aliphatic carbocycles. The summed E-state index contributed by atoms with van der Waals surface area (Å²) in [7, 11) is 0. The minimum atomic E-state index is 0.490. The van der Waals surface area contributed by atoms with Gasteiger partial charge in [-0.1, -0.05) is 30.3 Å². The Balaban J connectivity index is 1.49. The van der Waals surface area contributed by atoms with Gasteiger partial charge in [0.2, 0.25) is 5.88 Å². The fourth-order valence-corrected chi connectivity index (χ4v) is 2.49. The highest BCUT2D eigenvalue weighted by molar-refractivity contribution is 5.81. The number of hydrogen-bond donors (Lipinski definition) is 0. The smallest absolute Gasteiger partial charge is 0.233 e. The Morgan fingerprint density at radius 2 is 1.83 bits per heavy atom. The second kappa shape index (κ2) is 5.93. The molecule has 0 atom stereocenters. The first-order chi connectivity index (χ1) is 11.4. The summed E-state index contributed by atoms with van der Waals surface area (Å²) >= 11 is 0. The van der Waals surface area contributed by atoms with Gasteiger partial charge in [0.1, 0.15) is 6.61 Å². The molecule has 0 saturated heterocycles. The Labute approximate surface area is 134 Å². The number of nitrogens with zero attached hydrogens (tertiary/aromatic N) is 3. The second-order valence-corrected chi connectivity index (χ2v) is 5.28. The summed E-state index contributed by atoms with van der Waals surface area (Å²) in [5.41, 5.74) is 2.12. The van der Waals surface area contributed by atoms with Crippen molar-refractivity contribution < 1.29 is 4.74 Å². The van der Waals surface area contributed by atoms with E-state index in [1.165, 1.54) is 0 Å². The Hall–Kier alpha value is -3.14. The second-order valence-electron chi connectivity index (χ2n) is 5.28. The summed E-state index contributed by atoms with van der Waals surface area (Å²) in [4.78, 5) is 4.12. The molecule has 2 heterocycles. The van der Waals surface area contributed by atoms with Crippen LogP contribution in [0.3, 0.4) is 0 Å². The van der Waals surface area contributed by atoms with E-state index in [0.29, 0.717) is 12.5 Å². The van der Waals surface area contributed by atoms with Crippen LogP contribution < -0.4 is 4.74 Å². The molecule has 0 aliphatic heterocycles. The lowest BCUT2D eigenvalue weighted by molar-refractivity contribution is 0.292. The first-order valence-electron chi connectivity index (χ1n) is 7.45. The molecule has 0 N–H and O–H groups in total. The van der Waals surface area contributed by atoms with Gasteiger partial charge in [-0.2, -0.15) is 0 Å². The number of benzene rings is 2. The molecule has 0 unspecified atom stereocenters. The van der Waals surface area contributed by atoms with Crippen LogP contribution in [0.1, 0.15) is 5.56 Å². The van der Waals surface area contributed by atoms with Crippen molar-refractivity contribution in [1.29, 1.82) is 0 Å². The van der Waals surface area contributed by atoms with Gasteiger partial charge in [0, 0.05) is 30.0 Å². The van der Waals surface area contributed by atoms with Gasteiger partial charge in [0.05, 0.1) is 5.69 Å². The van der Waals surface area contributed by atoms with Crippen LogP contribution in [0.25, 0.3) is 16.5 Å². The van der Waals surface area contributed by atoms with E-state index in [2.05, 4.69) is 28.3 Å². The SMILES string of the molecule is c1ccc(-n2ccc(OCc3ccc4cnccc4c3)n2)cc1. The van der Waals surface area contributed by atoms with Crippen molar-refractivity contribution in [2.24, 2.45) is 0 Å². The molecule has 0 amide bonds. The zero-order valence-corrected chi connectivity index (χ0v) is 12.5. The molecule has 0 bridgehead atoms. The zero-order valence-electron chi connectivity index (χ0n) is 12.5. The van der Waals surface area contributed by atoms with Gasteiger partial charge in [-0.25, -0.2) is 4.68 Å². The third-order valence-electron chi connectivity index (χ3n) is 3.68. The van der Waals surface area contributed by atoms with E-state index in [1.54, 1.807) is 10.9 Å². The van der Waals surface area contributed by atoms with Crippen molar-refractivity contribution in [3.05, 3.63) is 84.8 Å². The van der Waals surface area contributed by atoms with Crippen LogP contribution in [0.15, 0.2) is 79.3 Å². The predicted octanol–water partition coefficient (Wildman–Crippen LogP) is 4.00. The summed E-state index contributed by atoms with van der Waals surface area (Å²) in [5, 5.41) is 6.73.